The lowest BCUT2D eigenvalue weighted by Crippen LogP contribution is -2.06. The van der Waals surface area contributed by atoms with Gasteiger partial charge in [0.05, 0.1) is 6.61 Å². The zero-order valence-electron chi connectivity index (χ0n) is 8.58. The molecule has 1 unspecified atom stereocenters. The van der Waals surface area contributed by atoms with E-state index in [1.54, 1.807) is 0 Å². The number of hydrogen-bond donors (Lipinski definition) is 0. The first-order valence-corrected chi connectivity index (χ1v) is 4.47. The van der Waals surface area contributed by atoms with Gasteiger partial charge in [0.2, 0.25) is 0 Å². The van der Waals surface area contributed by atoms with Crippen LogP contribution in [0.25, 0.3) is 0 Å². The number of ether oxygens (including phenoxy) is 2. The van der Waals surface area contributed by atoms with E-state index in [1.807, 2.05) is 0 Å². The molecule has 0 aromatic heterocycles. The van der Waals surface area contributed by atoms with E-state index in [1.165, 1.54) is 0 Å². The van der Waals surface area contributed by atoms with Crippen molar-refractivity contribution in [2.24, 2.45) is 5.92 Å². The Balaban J connectivity index is 0.000000310. The van der Waals surface area contributed by atoms with Crippen molar-refractivity contribution in [3.63, 3.8) is 0 Å². The summed E-state index contributed by atoms with van der Waals surface area (Å²) in [6.45, 7) is 10.8. The lowest BCUT2D eigenvalue weighted by molar-refractivity contribution is -0.138. The van der Waals surface area contributed by atoms with Crippen molar-refractivity contribution < 1.29 is 14.3 Å². The van der Waals surface area contributed by atoms with Crippen LogP contribution in [0.1, 0.15) is 20.8 Å². The van der Waals surface area contributed by atoms with Crippen LogP contribution in [0.2, 0.25) is 0 Å². The van der Waals surface area contributed by atoms with Crippen molar-refractivity contribution in [1.82, 2.24) is 0 Å². The molecule has 13 heavy (non-hydrogen) atoms. The second-order valence-electron chi connectivity index (χ2n) is 3.52. The first kappa shape index (κ1) is 12.2. The number of esters is 1. The van der Waals surface area contributed by atoms with Gasteiger partial charge in [-0.1, -0.05) is 27.4 Å². The summed E-state index contributed by atoms with van der Waals surface area (Å²) in [5, 5.41) is 0. The smallest absolute Gasteiger partial charge is 0.330 e. The Kier molecular flexibility index (Phi) is 6.24. The van der Waals surface area contributed by atoms with Crippen molar-refractivity contribution >= 4 is 5.97 Å². The van der Waals surface area contributed by atoms with Gasteiger partial charge in [-0.05, 0) is 5.92 Å². The molecular formula is C10H18O3. The third-order valence-corrected chi connectivity index (χ3v) is 0.981. The van der Waals surface area contributed by atoms with E-state index < -0.39 is 0 Å². The monoisotopic (exact) mass is 186 g/mol. The van der Waals surface area contributed by atoms with Gasteiger partial charge in [0.25, 0.3) is 0 Å². The van der Waals surface area contributed by atoms with Gasteiger partial charge in [-0.2, -0.15) is 0 Å². The van der Waals surface area contributed by atoms with Crippen molar-refractivity contribution in [3.8, 4) is 0 Å². The van der Waals surface area contributed by atoms with E-state index >= 15 is 0 Å². The molecule has 1 rings (SSSR count). The van der Waals surface area contributed by atoms with Gasteiger partial charge in [-0.15, -0.1) is 0 Å². The summed E-state index contributed by atoms with van der Waals surface area (Å²) in [6.07, 6.45) is 1.29. The molecule has 1 aliphatic heterocycles. The van der Waals surface area contributed by atoms with E-state index in [4.69, 9.17) is 4.74 Å². The third kappa shape index (κ3) is 11.2. The Morgan fingerprint density at radius 2 is 2.15 bits per heavy atom. The molecule has 0 saturated carbocycles. The molecule has 0 aliphatic carbocycles. The molecular weight excluding hydrogens is 168 g/mol. The quantitative estimate of drug-likeness (QED) is 0.383. The van der Waals surface area contributed by atoms with Crippen LogP contribution in [0.15, 0.2) is 12.7 Å². The first-order chi connectivity index (χ1) is 6.06. The Bertz CT molecular complexity index is 157. The molecule has 3 heteroatoms. The molecule has 0 aromatic carbocycles. The zero-order valence-corrected chi connectivity index (χ0v) is 8.58. The van der Waals surface area contributed by atoms with E-state index in [-0.39, 0.29) is 12.1 Å². The van der Waals surface area contributed by atoms with Crippen molar-refractivity contribution in [1.29, 1.82) is 0 Å². The van der Waals surface area contributed by atoms with E-state index in [0.29, 0.717) is 13.2 Å². The summed E-state index contributed by atoms with van der Waals surface area (Å²) < 4.78 is 9.42. The largest absolute Gasteiger partial charge is 0.460 e. The summed E-state index contributed by atoms with van der Waals surface area (Å²) in [4.78, 5) is 10.3. The summed E-state index contributed by atoms with van der Waals surface area (Å²) in [7, 11) is 0. The van der Waals surface area contributed by atoms with Crippen LogP contribution in [0.3, 0.4) is 0 Å². The maximum atomic E-state index is 10.3. The highest BCUT2D eigenvalue weighted by molar-refractivity contribution is 5.81. The molecule has 0 amide bonds. The Hall–Kier alpha value is -0.830. The molecule has 1 atom stereocenters. The van der Waals surface area contributed by atoms with Crippen LogP contribution >= 0.6 is 0 Å². The molecule has 0 bridgehead atoms. The minimum atomic E-state index is -0.384. The average Bonchev–Trinajstić information content (AvgIpc) is 2.82. The predicted molar refractivity (Wildman–Crippen MR) is 51.4 cm³/mol. The minimum absolute atomic E-state index is 0.147. The van der Waals surface area contributed by atoms with E-state index in [2.05, 4.69) is 32.1 Å². The van der Waals surface area contributed by atoms with Crippen molar-refractivity contribution in [2.45, 2.75) is 26.9 Å². The van der Waals surface area contributed by atoms with Crippen LogP contribution in [0, 0.1) is 5.92 Å². The van der Waals surface area contributed by atoms with E-state index in [9.17, 15) is 4.79 Å². The lowest BCUT2D eigenvalue weighted by Gasteiger charge is -1.94. The van der Waals surface area contributed by atoms with Crippen LogP contribution in [0.5, 0.6) is 0 Å². The van der Waals surface area contributed by atoms with Crippen molar-refractivity contribution in [2.75, 3.05) is 13.2 Å². The standard InChI is InChI=1S/C6H8O3.C4H10/c1-2-6(7)9-4-5-3-8-5;1-4(2)3/h2,5H,1,3-4H2;4H,1-3H3. The van der Waals surface area contributed by atoms with Crippen LogP contribution in [-0.4, -0.2) is 25.3 Å². The fourth-order valence-corrected chi connectivity index (χ4v) is 0.398. The maximum absolute atomic E-state index is 10.3. The predicted octanol–water partition coefficient (Wildman–Crippen LogP) is 1.78. The Labute approximate surface area is 79.7 Å². The molecule has 1 heterocycles. The summed E-state index contributed by atoms with van der Waals surface area (Å²) in [5.74, 6) is 0.450. The number of rotatable bonds is 3. The summed E-state index contributed by atoms with van der Waals surface area (Å²) in [6, 6.07) is 0. The molecule has 0 aromatic rings. The highest BCUT2D eigenvalue weighted by Gasteiger charge is 2.23. The van der Waals surface area contributed by atoms with Gasteiger partial charge in [0.1, 0.15) is 12.7 Å². The highest BCUT2D eigenvalue weighted by atomic mass is 16.6. The molecule has 1 fully saturated rings. The van der Waals surface area contributed by atoms with Crippen LogP contribution in [0.4, 0.5) is 0 Å². The van der Waals surface area contributed by atoms with Gasteiger partial charge in [-0.3, -0.25) is 0 Å². The molecule has 0 spiro atoms. The Morgan fingerprint density at radius 1 is 1.69 bits per heavy atom. The van der Waals surface area contributed by atoms with Gasteiger partial charge in [0, 0.05) is 6.08 Å². The summed E-state index contributed by atoms with van der Waals surface area (Å²) >= 11 is 0. The third-order valence-electron chi connectivity index (χ3n) is 0.981. The molecule has 3 nitrogen and oxygen atoms in total. The second kappa shape index (κ2) is 6.66. The fraction of sp³-hybridized carbons (Fsp3) is 0.700. The number of epoxide rings is 1. The summed E-state index contributed by atoms with van der Waals surface area (Å²) in [5.41, 5.74) is 0. The van der Waals surface area contributed by atoms with Gasteiger partial charge >= 0.3 is 5.97 Å². The molecule has 0 N–H and O–H groups in total. The van der Waals surface area contributed by atoms with Gasteiger partial charge < -0.3 is 9.47 Å². The lowest BCUT2D eigenvalue weighted by atomic mass is 10.3. The van der Waals surface area contributed by atoms with Crippen LogP contribution in [-0.2, 0) is 14.3 Å². The number of carbonyl (C=O) groups is 1. The molecule has 76 valence electrons. The molecule has 1 aliphatic rings. The van der Waals surface area contributed by atoms with Crippen molar-refractivity contribution in [3.05, 3.63) is 12.7 Å². The normalized spacial score (nSPS) is 18.6. The number of hydrogen-bond acceptors (Lipinski definition) is 3. The van der Waals surface area contributed by atoms with Gasteiger partial charge in [-0.25, -0.2) is 4.79 Å². The highest BCUT2D eigenvalue weighted by Crippen LogP contribution is 2.08. The Morgan fingerprint density at radius 3 is 2.46 bits per heavy atom. The first-order valence-electron chi connectivity index (χ1n) is 4.47. The van der Waals surface area contributed by atoms with Gasteiger partial charge in [0.15, 0.2) is 0 Å². The topological polar surface area (TPSA) is 38.8 Å². The molecule has 0 radical (unpaired) electrons. The fourth-order valence-electron chi connectivity index (χ4n) is 0.398. The SMILES string of the molecule is C=CC(=O)OCC1CO1.CC(C)C. The zero-order chi connectivity index (χ0) is 10.3. The average molecular weight is 186 g/mol. The number of carbonyl (C=O) groups excluding carboxylic acids is 1. The minimum Gasteiger partial charge on any atom is -0.460 e. The molecule has 1 saturated heterocycles. The second-order valence-corrected chi connectivity index (χ2v) is 3.52. The maximum Gasteiger partial charge on any atom is 0.330 e. The van der Waals surface area contributed by atoms with E-state index in [0.717, 1.165) is 12.0 Å². The van der Waals surface area contributed by atoms with Crippen LogP contribution < -0.4 is 0 Å².